The predicted octanol–water partition coefficient (Wildman–Crippen LogP) is 2.79. The normalized spacial score (nSPS) is 19.0. The number of hydrogen-bond donors (Lipinski definition) is 1. The van der Waals surface area contributed by atoms with Gasteiger partial charge in [-0.25, -0.2) is 0 Å². The van der Waals surface area contributed by atoms with Crippen molar-refractivity contribution in [2.75, 3.05) is 18.6 Å². The number of rotatable bonds is 4. The van der Waals surface area contributed by atoms with Crippen LogP contribution in [0.25, 0.3) is 0 Å². The lowest BCUT2D eigenvalue weighted by Gasteiger charge is -2.27. The Hall–Kier alpha value is -1.42. The molecule has 1 saturated heterocycles. The first-order valence-corrected chi connectivity index (χ1v) is 6.31. The highest BCUT2D eigenvalue weighted by molar-refractivity contribution is 6.30. The zero-order valence-corrected chi connectivity index (χ0v) is 11.0. The molecule has 1 fully saturated rings. The maximum absolute atomic E-state index is 10.9. The number of benzene rings is 1. The highest BCUT2D eigenvalue weighted by Gasteiger charge is 2.28. The topological polar surface area (TPSA) is 49.8 Å². The van der Waals surface area contributed by atoms with Gasteiger partial charge in [-0.3, -0.25) is 4.79 Å². The lowest BCUT2D eigenvalue weighted by molar-refractivity contribution is -0.137. The van der Waals surface area contributed by atoms with Crippen LogP contribution in [0.4, 0.5) is 5.69 Å². The first kappa shape index (κ1) is 13.0. The van der Waals surface area contributed by atoms with Crippen molar-refractivity contribution in [3.8, 4) is 5.75 Å². The molecule has 0 spiro atoms. The Morgan fingerprint density at radius 3 is 3.06 bits per heavy atom. The SMILES string of the molecule is COc1ccc(Cl)cc1N1CCCC1CC(=O)O. The molecule has 0 saturated carbocycles. The molecule has 0 aromatic heterocycles. The van der Waals surface area contributed by atoms with Crippen LogP contribution in [0.3, 0.4) is 0 Å². The molecule has 0 amide bonds. The number of aliphatic carboxylic acids is 1. The minimum absolute atomic E-state index is 0.0230. The predicted molar refractivity (Wildman–Crippen MR) is 70.6 cm³/mol. The Labute approximate surface area is 111 Å². The van der Waals surface area contributed by atoms with Crippen LogP contribution in [-0.4, -0.2) is 30.8 Å². The van der Waals surface area contributed by atoms with Crippen molar-refractivity contribution in [3.05, 3.63) is 23.2 Å². The molecule has 1 N–H and O–H groups in total. The number of ether oxygens (including phenoxy) is 1. The third-order valence-electron chi connectivity index (χ3n) is 3.24. The molecular weight excluding hydrogens is 254 g/mol. The Morgan fingerprint density at radius 1 is 1.61 bits per heavy atom. The van der Waals surface area contributed by atoms with Crippen molar-refractivity contribution in [3.63, 3.8) is 0 Å². The maximum Gasteiger partial charge on any atom is 0.305 e. The summed E-state index contributed by atoms with van der Waals surface area (Å²) in [5.41, 5.74) is 0.883. The monoisotopic (exact) mass is 269 g/mol. The van der Waals surface area contributed by atoms with E-state index in [1.807, 2.05) is 12.1 Å². The van der Waals surface area contributed by atoms with Crippen molar-refractivity contribution < 1.29 is 14.6 Å². The van der Waals surface area contributed by atoms with E-state index in [4.69, 9.17) is 21.4 Å². The van der Waals surface area contributed by atoms with Gasteiger partial charge in [0.05, 0.1) is 19.2 Å². The lowest BCUT2D eigenvalue weighted by atomic mass is 10.1. The van der Waals surface area contributed by atoms with Gasteiger partial charge in [0.15, 0.2) is 0 Å². The summed E-state index contributed by atoms with van der Waals surface area (Å²) in [6.45, 7) is 0.842. The molecule has 0 radical (unpaired) electrons. The third-order valence-corrected chi connectivity index (χ3v) is 3.47. The zero-order valence-electron chi connectivity index (χ0n) is 10.2. The van der Waals surface area contributed by atoms with Crippen LogP contribution < -0.4 is 9.64 Å². The molecule has 1 aliphatic heterocycles. The Bertz CT molecular complexity index is 450. The van der Waals surface area contributed by atoms with Crippen LogP contribution in [0.1, 0.15) is 19.3 Å². The standard InChI is InChI=1S/C13H16ClNO3/c1-18-12-5-4-9(14)7-11(12)15-6-2-3-10(15)8-13(16)17/h4-5,7,10H,2-3,6,8H2,1H3,(H,16,17). The maximum atomic E-state index is 10.9. The van der Waals surface area contributed by atoms with E-state index < -0.39 is 5.97 Å². The number of carboxylic acid groups (broad SMARTS) is 1. The molecule has 5 heteroatoms. The summed E-state index contributed by atoms with van der Waals surface area (Å²) in [7, 11) is 1.61. The molecule has 18 heavy (non-hydrogen) atoms. The Morgan fingerprint density at radius 2 is 2.39 bits per heavy atom. The van der Waals surface area contributed by atoms with Crippen molar-refractivity contribution in [1.82, 2.24) is 0 Å². The van der Waals surface area contributed by atoms with E-state index in [0.29, 0.717) is 5.02 Å². The summed E-state index contributed by atoms with van der Waals surface area (Å²) in [5.74, 6) is -0.0374. The molecule has 0 bridgehead atoms. The summed E-state index contributed by atoms with van der Waals surface area (Å²) in [6, 6.07) is 5.44. The van der Waals surface area contributed by atoms with Gasteiger partial charge in [0.25, 0.3) is 0 Å². The first-order chi connectivity index (χ1) is 8.61. The number of methoxy groups -OCH3 is 1. The summed E-state index contributed by atoms with van der Waals surface area (Å²) in [4.78, 5) is 13.0. The fraction of sp³-hybridized carbons (Fsp3) is 0.462. The van der Waals surface area contributed by atoms with Crippen molar-refractivity contribution in [1.29, 1.82) is 0 Å². The second kappa shape index (κ2) is 5.48. The first-order valence-electron chi connectivity index (χ1n) is 5.94. The average molecular weight is 270 g/mol. The number of hydrogen-bond acceptors (Lipinski definition) is 3. The van der Waals surface area contributed by atoms with E-state index in [1.54, 1.807) is 13.2 Å². The summed E-state index contributed by atoms with van der Waals surface area (Å²) < 4.78 is 5.32. The number of carboxylic acids is 1. The van der Waals surface area contributed by atoms with Gasteiger partial charge in [0.2, 0.25) is 0 Å². The van der Waals surface area contributed by atoms with Gasteiger partial charge in [-0.05, 0) is 31.0 Å². The van der Waals surface area contributed by atoms with Crippen LogP contribution in [0, 0.1) is 0 Å². The highest BCUT2D eigenvalue weighted by Crippen LogP contribution is 2.36. The molecule has 1 aromatic carbocycles. The smallest absolute Gasteiger partial charge is 0.305 e. The third kappa shape index (κ3) is 2.70. The van der Waals surface area contributed by atoms with Gasteiger partial charge in [-0.1, -0.05) is 11.6 Å². The van der Waals surface area contributed by atoms with E-state index in [0.717, 1.165) is 30.8 Å². The second-order valence-electron chi connectivity index (χ2n) is 4.40. The summed E-state index contributed by atoms with van der Waals surface area (Å²) in [6.07, 6.45) is 2.03. The van der Waals surface area contributed by atoms with Crippen LogP contribution in [0.2, 0.25) is 5.02 Å². The lowest BCUT2D eigenvalue weighted by Crippen LogP contribution is -2.31. The van der Waals surface area contributed by atoms with E-state index in [-0.39, 0.29) is 12.5 Å². The van der Waals surface area contributed by atoms with Crippen molar-refractivity contribution in [2.45, 2.75) is 25.3 Å². The fourth-order valence-electron chi connectivity index (χ4n) is 2.45. The van der Waals surface area contributed by atoms with Gasteiger partial charge in [-0.2, -0.15) is 0 Å². The number of anilines is 1. The molecule has 1 aliphatic rings. The Kier molecular flexibility index (Phi) is 3.97. The average Bonchev–Trinajstić information content (AvgIpc) is 2.76. The largest absolute Gasteiger partial charge is 0.495 e. The quantitative estimate of drug-likeness (QED) is 0.913. The van der Waals surface area contributed by atoms with Gasteiger partial charge in [0, 0.05) is 17.6 Å². The van der Waals surface area contributed by atoms with Crippen LogP contribution >= 0.6 is 11.6 Å². The number of nitrogens with zero attached hydrogens (tertiary/aromatic N) is 1. The highest BCUT2D eigenvalue weighted by atomic mass is 35.5. The van der Waals surface area contributed by atoms with Gasteiger partial charge in [0.1, 0.15) is 5.75 Å². The molecule has 1 heterocycles. The molecule has 0 aliphatic carbocycles. The molecular formula is C13H16ClNO3. The van der Waals surface area contributed by atoms with Gasteiger partial charge < -0.3 is 14.7 Å². The van der Waals surface area contributed by atoms with Crippen LogP contribution in [-0.2, 0) is 4.79 Å². The summed E-state index contributed by atoms with van der Waals surface area (Å²) in [5, 5.41) is 9.57. The van der Waals surface area contributed by atoms with Crippen molar-refractivity contribution >= 4 is 23.3 Å². The van der Waals surface area contributed by atoms with E-state index in [2.05, 4.69) is 4.90 Å². The fourth-order valence-corrected chi connectivity index (χ4v) is 2.62. The second-order valence-corrected chi connectivity index (χ2v) is 4.84. The molecule has 2 rings (SSSR count). The molecule has 4 nitrogen and oxygen atoms in total. The molecule has 1 unspecified atom stereocenters. The van der Waals surface area contributed by atoms with Crippen LogP contribution in [0.15, 0.2) is 18.2 Å². The van der Waals surface area contributed by atoms with Crippen molar-refractivity contribution in [2.24, 2.45) is 0 Å². The van der Waals surface area contributed by atoms with E-state index in [1.165, 1.54) is 0 Å². The summed E-state index contributed by atoms with van der Waals surface area (Å²) >= 11 is 6.01. The minimum atomic E-state index is -0.770. The minimum Gasteiger partial charge on any atom is -0.495 e. The number of halogens is 1. The van der Waals surface area contributed by atoms with E-state index >= 15 is 0 Å². The van der Waals surface area contributed by atoms with Gasteiger partial charge >= 0.3 is 5.97 Å². The van der Waals surface area contributed by atoms with Crippen LogP contribution in [0.5, 0.6) is 5.75 Å². The zero-order chi connectivity index (χ0) is 13.1. The Balaban J connectivity index is 2.29. The number of carbonyl (C=O) groups is 1. The van der Waals surface area contributed by atoms with Gasteiger partial charge in [-0.15, -0.1) is 0 Å². The molecule has 1 atom stereocenters. The molecule has 1 aromatic rings. The molecule has 98 valence electrons. The van der Waals surface area contributed by atoms with E-state index in [9.17, 15) is 4.79 Å².